The fourth-order valence-corrected chi connectivity index (χ4v) is 3.33. The summed E-state index contributed by atoms with van der Waals surface area (Å²) in [5.74, 6) is 4.09. The van der Waals surface area contributed by atoms with Crippen molar-refractivity contribution in [1.29, 1.82) is 0 Å². The van der Waals surface area contributed by atoms with Gasteiger partial charge in [0.1, 0.15) is 0 Å². The first kappa shape index (κ1) is 16.3. The van der Waals surface area contributed by atoms with Crippen molar-refractivity contribution in [2.75, 3.05) is 6.61 Å². The first-order valence-corrected chi connectivity index (χ1v) is 7.65. The number of nitrogens with two attached hydrogens (primary N) is 1. The molecule has 1 aliphatic rings. The van der Waals surface area contributed by atoms with Crippen molar-refractivity contribution in [2.24, 2.45) is 5.84 Å². The van der Waals surface area contributed by atoms with Gasteiger partial charge >= 0.3 is 0 Å². The molecule has 0 heterocycles. The van der Waals surface area contributed by atoms with Gasteiger partial charge < -0.3 is 4.74 Å². The van der Waals surface area contributed by atoms with Gasteiger partial charge in [-0.1, -0.05) is 25.3 Å². The van der Waals surface area contributed by atoms with Gasteiger partial charge in [0.2, 0.25) is 0 Å². The van der Waals surface area contributed by atoms with Gasteiger partial charge in [-0.15, -0.1) is 0 Å². The summed E-state index contributed by atoms with van der Waals surface area (Å²) >= 11 is 0. The van der Waals surface area contributed by atoms with Gasteiger partial charge in [-0.05, 0) is 43.9 Å². The number of ether oxygens (including phenoxy) is 1. The van der Waals surface area contributed by atoms with Crippen molar-refractivity contribution in [1.82, 2.24) is 5.43 Å². The molecule has 0 spiro atoms. The molecule has 0 saturated heterocycles. The van der Waals surface area contributed by atoms with Crippen LogP contribution in [0, 0.1) is 11.6 Å². The Morgan fingerprint density at radius 1 is 1.24 bits per heavy atom. The van der Waals surface area contributed by atoms with Crippen LogP contribution in [0.4, 0.5) is 8.78 Å². The third kappa shape index (κ3) is 3.78. The Balaban J connectivity index is 2.17. The minimum Gasteiger partial charge on any atom is -0.374 e. The molecule has 3 N–H and O–H groups in total. The van der Waals surface area contributed by atoms with E-state index in [2.05, 4.69) is 5.43 Å². The summed E-state index contributed by atoms with van der Waals surface area (Å²) in [6.07, 6.45) is 5.83. The SMILES string of the molecule is CCOC1(C(Cc2ccc(F)c(F)c2)NN)CCCCC1. The normalized spacial score (nSPS) is 19.4. The Hall–Kier alpha value is -1.04. The number of hydrogen-bond donors (Lipinski definition) is 2. The fourth-order valence-electron chi connectivity index (χ4n) is 3.33. The maximum Gasteiger partial charge on any atom is 0.159 e. The number of benzene rings is 1. The lowest BCUT2D eigenvalue weighted by Crippen LogP contribution is -2.57. The van der Waals surface area contributed by atoms with E-state index in [0.29, 0.717) is 13.0 Å². The van der Waals surface area contributed by atoms with Crippen molar-refractivity contribution in [2.45, 2.75) is 57.1 Å². The number of halogens is 2. The Morgan fingerprint density at radius 2 is 1.95 bits per heavy atom. The van der Waals surface area contributed by atoms with E-state index in [4.69, 9.17) is 10.6 Å². The Kier molecular flexibility index (Phi) is 5.67. The molecule has 0 radical (unpaired) electrons. The molecule has 2 rings (SSSR count). The third-order valence-corrected chi connectivity index (χ3v) is 4.39. The molecule has 0 amide bonds. The highest BCUT2D eigenvalue weighted by molar-refractivity contribution is 5.20. The largest absolute Gasteiger partial charge is 0.374 e. The first-order valence-electron chi connectivity index (χ1n) is 7.65. The zero-order valence-electron chi connectivity index (χ0n) is 12.5. The second-order valence-corrected chi connectivity index (χ2v) is 5.73. The molecule has 5 heteroatoms. The average molecular weight is 298 g/mol. The van der Waals surface area contributed by atoms with E-state index >= 15 is 0 Å². The lowest BCUT2D eigenvalue weighted by Gasteiger charge is -2.43. The van der Waals surface area contributed by atoms with E-state index in [1.807, 2.05) is 6.92 Å². The van der Waals surface area contributed by atoms with Crippen molar-refractivity contribution >= 4 is 0 Å². The van der Waals surface area contributed by atoms with Gasteiger partial charge in [0.25, 0.3) is 0 Å². The molecule has 1 saturated carbocycles. The van der Waals surface area contributed by atoms with Crippen molar-refractivity contribution in [3.63, 3.8) is 0 Å². The standard InChI is InChI=1S/C16H24F2N2O/c1-2-21-16(8-4-3-5-9-16)15(20-19)11-12-6-7-13(17)14(18)10-12/h6-7,10,15,20H,2-5,8-9,11,19H2,1H3. The summed E-state index contributed by atoms with van der Waals surface area (Å²) in [5, 5.41) is 0. The predicted molar refractivity (Wildman–Crippen MR) is 78.6 cm³/mol. The Bertz CT molecular complexity index is 456. The van der Waals surface area contributed by atoms with Crippen molar-refractivity contribution in [3.8, 4) is 0 Å². The zero-order valence-corrected chi connectivity index (χ0v) is 12.5. The molecule has 3 nitrogen and oxygen atoms in total. The molecule has 1 atom stereocenters. The second kappa shape index (κ2) is 7.29. The van der Waals surface area contributed by atoms with E-state index in [-0.39, 0.29) is 11.6 Å². The lowest BCUT2D eigenvalue weighted by molar-refractivity contribution is -0.0898. The minimum absolute atomic E-state index is 0.109. The van der Waals surface area contributed by atoms with Crippen LogP contribution in [-0.2, 0) is 11.2 Å². The van der Waals surface area contributed by atoms with Crippen LogP contribution in [0.3, 0.4) is 0 Å². The fraction of sp³-hybridized carbons (Fsp3) is 0.625. The average Bonchev–Trinajstić information content (AvgIpc) is 2.49. The van der Waals surface area contributed by atoms with E-state index in [0.717, 1.165) is 37.3 Å². The topological polar surface area (TPSA) is 47.3 Å². The summed E-state index contributed by atoms with van der Waals surface area (Å²) in [6, 6.07) is 3.89. The van der Waals surface area contributed by atoms with Gasteiger partial charge in [-0.25, -0.2) is 8.78 Å². The van der Waals surface area contributed by atoms with Crippen LogP contribution in [0.5, 0.6) is 0 Å². The lowest BCUT2D eigenvalue weighted by atomic mass is 9.77. The van der Waals surface area contributed by atoms with Crippen molar-refractivity contribution < 1.29 is 13.5 Å². The predicted octanol–water partition coefficient (Wildman–Crippen LogP) is 3.08. The van der Waals surface area contributed by atoms with Crippen molar-refractivity contribution in [3.05, 3.63) is 35.4 Å². The van der Waals surface area contributed by atoms with E-state index in [1.54, 1.807) is 6.07 Å². The molecular weight excluding hydrogens is 274 g/mol. The summed E-state index contributed by atoms with van der Waals surface area (Å²) in [7, 11) is 0. The first-order chi connectivity index (χ1) is 10.1. The highest BCUT2D eigenvalue weighted by Crippen LogP contribution is 2.35. The summed E-state index contributed by atoms with van der Waals surface area (Å²) in [4.78, 5) is 0. The van der Waals surface area contributed by atoms with Crippen LogP contribution >= 0.6 is 0 Å². The molecular formula is C16H24F2N2O. The summed E-state index contributed by atoms with van der Waals surface area (Å²) in [5.41, 5.74) is 3.25. The van der Waals surface area contributed by atoms with Crippen LogP contribution in [0.1, 0.15) is 44.6 Å². The molecule has 21 heavy (non-hydrogen) atoms. The molecule has 1 aromatic carbocycles. The summed E-state index contributed by atoms with van der Waals surface area (Å²) in [6.45, 7) is 2.59. The molecule has 1 aliphatic carbocycles. The summed E-state index contributed by atoms with van der Waals surface area (Å²) < 4.78 is 32.4. The number of hydrogen-bond acceptors (Lipinski definition) is 3. The van der Waals surface area contributed by atoms with Gasteiger partial charge in [0.15, 0.2) is 11.6 Å². The Labute approximate surface area is 124 Å². The maximum absolute atomic E-state index is 13.4. The smallest absolute Gasteiger partial charge is 0.159 e. The van der Waals surface area contributed by atoms with Gasteiger partial charge in [-0.3, -0.25) is 11.3 Å². The number of hydrazine groups is 1. The van der Waals surface area contributed by atoms with Gasteiger partial charge in [0.05, 0.1) is 11.6 Å². The second-order valence-electron chi connectivity index (χ2n) is 5.73. The highest BCUT2D eigenvalue weighted by atomic mass is 19.2. The molecule has 1 unspecified atom stereocenters. The van der Waals surface area contributed by atoms with Gasteiger partial charge in [-0.2, -0.15) is 0 Å². The quantitative estimate of drug-likeness (QED) is 0.627. The monoisotopic (exact) mass is 298 g/mol. The molecule has 118 valence electrons. The third-order valence-electron chi connectivity index (χ3n) is 4.39. The minimum atomic E-state index is -0.826. The molecule has 0 aliphatic heterocycles. The van der Waals surface area contributed by atoms with Crippen LogP contribution < -0.4 is 11.3 Å². The zero-order chi connectivity index (χ0) is 15.3. The van der Waals surface area contributed by atoms with E-state index in [9.17, 15) is 8.78 Å². The molecule has 0 aromatic heterocycles. The van der Waals surface area contributed by atoms with Crippen LogP contribution in [0.25, 0.3) is 0 Å². The molecule has 1 fully saturated rings. The van der Waals surface area contributed by atoms with E-state index < -0.39 is 11.6 Å². The Morgan fingerprint density at radius 3 is 2.52 bits per heavy atom. The highest BCUT2D eigenvalue weighted by Gasteiger charge is 2.40. The van der Waals surface area contributed by atoms with Crippen LogP contribution in [0.15, 0.2) is 18.2 Å². The van der Waals surface area contributed by atoms with E-state index in [1.165, 1.54) is 12.5 Å². The van der Waals surface area contributed by atoms with Crippen LogP contribution in [-0.4, -0.2) is 18.2 Å². The molecule has 0 bridgehead atoms. The maximum atomic E-state index is 13.4. The van der Waals surface area contributed by atoms with Crippen LogP contribution in [0.2, 0.25) is 0 Å². The molecule has 1 aromatic rings. The number of nitrogens with one attached hydrogen (secondary N) is 1. The number of rotatable bonds is 6. The van der Waals surface area contributed by atoms with Gasteiger partial charge in [0, 0.05) is 6.61 Å².